The summed E-state index contributed by atoms with van der Waals surface area (Å²) in [6, 6.07) is 11.3. The highest BCUT2D eigenvalue weighted by molar-refractivity contribution is 7.11. The van der Waals surface area contributed by atoms with Crippen LogP contribution in [0, 0.1) is 6.92 Å². The Bertz CT molecular complexity index is 593. The Kier molecular flexibility index (Phi) is 5.22. The number of nitrogen functional groups attached to an aromatic ring is 1. The first-order chi connectivity index (χ1) is 10.0. The molecule has 4 nitrogen and oxygen atoms in total. The van der Waals surface area contributed by atoms with Crippen molar-refractivity contribution in [2.75, 3.05) is 12.3 Å². The van der Waals surface area contributed by atoms with Gasteiger partial charge >= 0.3 is 0 Å². The van der Waals surface area contributed by atoms with Crippen LogP contribution in [0.3, 0.4) is 0 Å². The molecule has 0 spiro atoms. The molecule has 0 aliphatic heterocycles. The van der Waals surface area contributed by atoms with Crippen LogP contribution in [-0.4, -0.2) is 18.6 Å². The minimum Gasteiger partial charge on any atom is -0.484 e. The Morgan fingerprint density at radius 3 is 2.62 bits per heavy atom. The number of carbonyl (C=O) groups excluding carboxylic acids is 1. The lowest BCUT2D eigenvalue weighted by atomic mass is 10.2. The molecule has 0 aliphatic rings. The van der Waals surface area contributed by atoms with Crippen molar-refractivity contribution in [3.05, 3.63) is 46.2 Å². The number of carbonyl (C=O) groups is 1. The van der Waals surface area contributed by atoms with Gasteiger partial charge in [-0.3, -0.25) is 4.79 Å². The molecule has 0 saturated carbocycles. The standard InChI is InChI=1S/C16H20N2O2S/c1-11(9-15-8-3-12(2)21-15)18-16(19)10-20-14-6-4-13(17)5-7-14/h3-8,11H,9-10,17H2,1-2H3,(H,18,19). The van der Waals surface area contributed by atoms with E-state index in [1.54, 1.807) is 35.6 Å². The van der Waals surface area contributed by atoms with Gasteiger partial charge in [0.1, 0.15) is 5.75 Å². The van der Waals surface area contributed by atoms with Crippen LogP contribution in [-0.2, 0) is 11.2 Å². The fraction of sp³-hybridized carbons (Fsp3) is 0.312. The van der Waals surface area contributed by atoms with E-state index in [0.29, 0.717) is 11.4 Å². The maximum absolute atomic E-state index is 11.8. The van der Waals surface area contributed by atoms with Gasteiger partial charge in [0.15, 0.2) is 6.61 Å². The average Bonchev–Trinajstić information content (AvgIpc) is 2.83. The zero-order valence-corrected chi connectivity index (χ0v) is 13.1. The number of hydrogen-bond donors (Lipinski definition) is 2. The Hall–Kier alpha value is -2.01. The van der Waals surface area contributed by atoms with E-state index in [0.717, 1.165) is 6.42 Å². The minimum atomic E-state index is -0.118. The maximum atomic E-state index is 11.8. The molecule has 2 aromatic rings. The normalized spacial score (nSPS) is 11.9. The van der Waals surface area contributed by atoms with Crippen LogP contribution in [0.5, 0.6) is 5.75 Å². The number of aryl methyl sites for hydroxylation is 1. The van der Waals surface area contributed by atoms with Gasteiger partial charge in [-0.05, 0) is 50.2 Å². The van der Waals surface area contributed by atoms with E-state index in [2.05, 4.69) is 24.4 Å². The van der Waals surface area contributed by atoms with Crippen LogP contribution in [0.15, 0.2) is 36.4 Å². The molecule has 0 radical (unpaired) electrons. The third kappa shape index (κ3) is 5.11. The number of nitrogens with one attached hydrogen (secondary N) is 1. The van der Waals surface area contributed by atoms with Crippen molar-refractivity contribution in [1.29, 1.82) is 0 Å². The number of nitrogens with two attached hydrogens (primary N) is 1. The third-order valence-electron chi connectivity index (χ3n) is 2.96. The summed E-state index contributed by atoms with van der Waals surface area (Å²) >= 11 is 1.76. The van der Waals surface area contributed by atoms with Crippen LogP contribution < -0.4 is 15.8 Å². The number of benzene rings is 1. The molecule has 3 N–H and O–H groups in total. The molecular formula is C16H20N2O2S. The molecule has 2 rings (SSSR count). The smallest absolute Gasteiger partial charge is 0.258 e. The predicted octanol–water partition coefficient (Wildman–Crippen LogP) is 2.76. The summed E-state index contributed by atoms with van der Waals surface area (Å²) < 4.78 is 5.41. The van der Waals surface area contributed by atoms with Crippen molar-refractivity contribution in [2.45, 2.75) is 26.3 Å². The molecule has 0 bridgehead atoms. The first-order valence-corrected chi connectivity index (χ1v) is 7.67. The second-order valence-corrected chi connectivity index (χ2v) is 6.42. The topological polar surface area (TPSA) is 64.3 Å². The van der Waals surface area contributed by atoms with Crippen molar-refractivity contribution >= 4 is 22.9 Å². The molecule has 1 heterocycles. The van der Waals surface area contributed by atoms with E-state index < -0.39 is 0 Å². The summed E-state index contributed by atoms with van der Waals surface area (Å²) in [4.78, 5) is 14.4. The van der Waals surface area contributed by atoms with E-state index >= 15 is 0 Å². The van der Waals surface area contributed by atoms with Gasteiger partial charge in [-0.2, -0.15) is 0 Å². The second kappa shape index (κ2) is 7.13. The van der Waals surface area contributed by atoms with Gasteiger partial charge in [-0.1, -0.05) is 0 Å². The SMILES string of the molecule is Cc1ccc(CC(C)NC(=O)COc2ccc(N)cc2)s1. The second-order valence-electron chi connectivity index (χ2n) is 5.04. The molecule has 5 heteroatoms. The van der Waals surface area contributed by atoms with Crippen LogP contribution in [0.1, 0.15) is 16.7 Å². The van der Waals surface area contributed by atoms with E-state index in [9.17, 15) is 4.79 Å². The van der Waals surface area contributed by atoms with Crippen molar-refractivity contribution in [3.63, 3.8) is 0 Å². The summed E-state index contributed by atoms with van der Waals surface area (Å²) in [5.41, 5.74) is 6.26. The number of thiophene rings is 1. The highest BCUT2D eigenvalue weighted by atomic mass is 32.1. The van der Waals surface area contributed by atoms with Crippen LogP contribution in [0.25, 0.3) is 0 Å². The number of rotatable bonds is 6. The summed E-state index contributed by atoms with van der Waals surface area (Å²) in [7, 11) is 0. The molecular weight excluding hydrogens is 284 g/mol. The summed E-state index contributed by atoms with van der Waals surface area (Å²) in [5, 5.41) is 2.94. The van der Waals surface area contributed by atoms with Gasteiger partial charge in [0.25, 0.3) is 5.91 Å². The molecule has 1 aromatic carbocycles. The molecule has 1 aromatic heterocycles. The summed E-state index contributed by atoms with van der Waals surface area (Å²) in [5.74, 6) is 0.522. The summed E-state index contributed by atoms with van der Waals surface area (Å²) in [6.45, 7) is 4.09. The van der Waals surface area contributed by atoms with Gasteiger partial charge in [0, 0.05) is 27.9 Å². The van der Waals surface area contributed by atoms with Gasteiger partial charge in [0.05, 0.1) is 0 Å². The molecule has 1 unspecified atom stereocenters. The van der Waals surface area contributed by atoms with Gasteiger partial charge < -0.3 is 15.8 Å². The number of hydrogen-bond acceptors (Lipinski definition) is 4. The Balaban J connectivity index is 1.74. The van der Waals surface area contributed by atoms with Gasteiger partial charge in [0.2, 0.25) is 0 Å². The molecule has 0 aliphatic carbocycles. The van der Waals surface area contributed by atoms with Crippen LogP contribution in [0.4, 0.5) is 5.69 Å². The largest absolute Gasteiger partial charge is 0.484 e. The minimum absolute atomic E-state index is 0.0116. The Morgan fingerprint density at radius 1 is 1.29 bits per heavy atom. The fourth-order valence-electron chi connectivity index (χ4n) is 1.98. The Morgan fingerprint density at radius 2 is 2.00 bits per heavy atom. The van der Waals surface area contributed by atoms with E-state index in [1.807, 2.05) is 6.92 Å². The third-order valence-corrected chi connectivity index (χ3v) is 3.98. The lowest BCUT2D eigenvalue weighted by molar-refractivity contribution is -0.123. The summed E-state index contributed by atoms with van der Waals surface area (Å²) in [6.07, 6.45) is 0.839. The van der Waals surface area contributed by atoms with Crippen LogP contribution >= 0.6 is 11.3 Å². The highest BCUT2D eigenvalue weighted by Crippen LogP contribution is 2.16. The van der Waals surface area contributed by atoms with Crippen molar-refractivity contribution in [1.82, 2.24) is 5.32 Å². The Labute approximate surface area is 128 Å². The molecule has 1 amide bonds. The van der Waals surface area contributed by atoms with Crippen molar-refractivity contribution < 1.29 is 9.53 Å². The van der Waals surface area contributed by atoms with E-state index in [1.165, 1.54) is 9.75 Å². The van der Waals surface area contributed by atoms with Gasteiger partial charge in [-0.25, -0.2) is 0 Å². The van der Waals surface area contributed by atoms with E-state index in [4.69, 9.17) is 10.5 Å². The first kappa shape index (κ1) is 15.4. The van der Waals surface area contributed by atoms with Crippen molar-refractivity contribution in [2.24, 2.45) is 0 Å². The maximum Gasteiger partial charge on any atom is 0.258 e. The lowest BCUT2D eigenvalue weighted by Gasteiger charge is -2.13. The lowest BCUT2D eigenvalue weighted by Crippen LogP contribution is -2.37. The molecule has 1 atom stereocenters. The zero-order valence-electron chi connectivity index (χ0n) is 12.3. The molecule has 0 fully saturated rings. The average molecular weight is 304 g/mol. The molecule has 21 heavy (non-hydrogen) atoms. The fourth-order valence-corrected chi connectivity index (χ4v) is 3.00. The predicted molar refractivity (Wildman–Crippen MR) is 86.7 cm³/mol. The molecule has 112 valence electrons. The van der Waals surface area contributed by atoms with Crippen molar-refractivity contribution in [3.8, 4) is 5.75 Å². The number of amides is 1. The number of anilines is 1. The van der Waals surface area contributed by atoms with Crippen LogP contribution in [0.2, 0.25) is 0 Å². The first-order valence-electron chi connectivity index (χ1n) is 6.86. The number of ether oxygens (including phenoxy) is 1. The monoisotopic (exact) mass is 304 g/mol. The quantitative estimate of drug-likeness (QED) is 0.807. The molecule has 0 saturated heterocycles. The van der Waals surface area contributed by atoms with E-state index in [-0.39, 0.29) is 18.6 Å². The highest BCUT2D eigenvalue weighted by Gasteiger charge is 2.10. The zero-order chi connectivity index (χ0) is 15.2. The van der Waals surface area contributed by atoms with Gasteiger partial charge in [-0.15, -0.1) is 11.3 Å².